The summed E-state index contributed by atoms with van der Waals surface area (Å²) in [6.45, 7) is 4.29. The molecule has 0 aliphatic heterocycles. The number of hydrogen-bond donors (Lipinski definition) is 1. The molecule has 3 aromatic rings. The van der Waals surface area contributed by atoms with Crippen LogP contribution in [0.2, 0.25) is 0 Å². The highest BCUT2D eigenvalue weighted by molar-refractivity contribution is 5.96. The molecule has 0 saturated carbocycles. The number of nitrogens with zero attached hydrogens (tertiary/aromatic N) is 3. The molecule has 144 valence electrons. The topological polar surface area (TPSA) is 67.2 Å². The van der Waals surface area contributed by atoms with Crippen molar-refractivity contribution >= 4 is 11.8 Å². The Kier molecular flexibility index (Phi) is 5.89. The standard InChI is InChI=1S/C22H24N4O2/c1-16-20(17(2)26(24-16)19-12-8-5-9-13-19)14-23-21(27)15-25(3)22(28)18-10-6-4-7-11-18/h4-13H,14-15H2,1-3H3,(H,23,27). The van der Waals surface area contributed by atoms with Crippen molar-refractivity contribution in [2.45, 2.75) is 20.4 Å². The summed E-state index contributed by atoms with van der Waals surface area (Å²) in [7, 11) is 1.62. The maximum absolute atomic E-state index is 12.4. The summed E-state index contributed by atoms with van der Waals surface area (Å²) in [6.07, 6.45) is 0. The molecule has 6 heteroatoms. The van der Waals surface area contributed by atoms with Crippen molar-refractivity contribution in [3.63, 3.8) is 0 Å². The molecule has 0 saturated heterocycles. The Morgan fingerprint density at radius 1 is 1.00 bits per heavy atom. The highest BCUT2D eigenvalue weighted by Crippen LogP contribution is 2.17. The van der Waals surface area contributed by atoms with Gasteiger partial charge >= 0.3 is 0 Å². The summed E-state index contributed by atoms with van der Waals surface area (Å²) in [5, 5.41) is 7.48. The Labute approximate surface area is 164 Å². The van der Waals surface area contributed by atoms with Crippen molar-refractivity contribution in [1.29, 1.82) is 0 Å². The number of amides is 2. The Balaban J connectivity index is 1.62. The summed E-state index contributed by atoms with van der Waals surface area (Å²) >= 11 is 0. The third-order valence-corrected chi connectivity index (χ3v) is 4.65. The minimum atomic E-state index is -0.210. The second kappa shape index (κ2) is 8.52. The second-order valence-electron chi connectivity index (χ2n) is 6.70. The molecule has 6 nitrogen and oxygen atoms in total. The Hall–Kier alpha value is -3.41. The van der Waals surface area contributed by atoms with Gasteiger partial charge in [-0.1, -0.05) is 36.4 Å². The third kappa shape index (κ3) is 4.28. The largest absolute Gasteiger partial charge is 0.350 e. The van der Waals surface area contributed by atoms with Crippen LogP contribution in [0.3, 0.4) is 0 Å². The van der Waals surface area contributed by atoms with E-state index in [2.05, 4.69) is 10.4 Å². The predicted molar refractivity (Wildman–Crippen MR) is 108 cm³/mol. The number of hydrogen-bond acceptors (Lipinski definition) is 3. The quantitative estimate of drug-likeness (QED) is 0.719. The average molecular weight is 376 g/mol. The summed E-state index contributed by atoms with van der Waals surface area (Å²) in [6, 6.07) is 18.8. The SMILES string of the molecule is Cc1nn(-c2ccccc2)c(C)c1CNC(=O)CN(C)C(=O)c1ccccc1. The number of carbonyl (C=O) groups is 2. The van der Waals surface area contributed by atoms with Gasteiger partial charge in [-0.25, -0.2) is 4.68 Å². The maximum Gasteiger partial charge on any atom is 0.254 e. The lowest BCUT2D eigenvalue weighted by molar-refractivity contribution is -0.121. The Bertz CT molecular complexity index is 965. The molecule has 0 atom stereocenters. The average Bonchev–Trinajstić information content (AvgIpc) is 3.00. The van der Waals surface area contributed by atoms with Crippen molar-refractivity contribution in [2.75, 3.05) is 13.6 Å². The smallest absolute Gasteiger partial charge is 0.254 e. The van der Waals surface area contributed by atoms with Gasteiger partial charge in [0.1, 0.15) is 0 Å². The van der Waals surface area contributed by atoms with Crippen LogP contribution in [0.1, 0.15) is 27.3 Å². The van der Waals surface area contributed by atoms with Crippen molar-refractivity contribution in [1.82, 2.24) is 20.0 Å². The fourth-order valence-electron chi connectivity index (χ4n) is 3.08. The molecule has 0 fully saturated rings. The molecule has 1 aromatic heterocycles. The zero-order chi connectivity index (χ0) is 20.1. The number of rotatable bonds is 6. The third-order valence-electron chi connectivity index (χ3n) is 4.65. The molecular weight excluding hydrogens is 352 g/mol. The van der Waals surface area contributed by atoms with E-state index in [4.69, 9.17) is 0 Å². The minimum absolute atomic E-state index is 0.00134. The number of nitrogens with one attached hydrogen (secondary N) is 1. The van der Waals surface area contributed by atoms with Crippen molar-refractivity contribution in [3.8, 4) is 5.69 Å². The fraction of sp³-hybridized carbons (Fsp3) is 0.227. The van der Waals surface area contributed by atoms with E-state index in [9.17, 15) is 9.59 Å². The first kappa shape index (κ1) is 19.4. The first-order valence-corrected chi connectivity index (χ1v) is 9.15. The highest BCUT2D eigenvalue weighted by atomic mass is 16.2. The molecule has 0 bridgehead atoms. The lowest BCUT2D eigenvalue weighted by atomic mass is 10.2. The van der Waals surface area contributed by atoms with E-state index in [1.54, 1.807) is 31.3 Å². The molecule has 28 heavy (non-hydrogen) atoms. The molecule has 2 amide bonds. The molecule has 0 radical (unpaired) electrons. The molecule has 0 spiro atoms. The normalized spacial score (nSPS) is 10.5. The van der Waals surface area contributed by atoms with Crippen molar-refractivity contribution in [3.05, 3.63) is 83.2 Å². The summed E-state index contributed by atoms with van der Waals surface area (Å²) < 4.78 is 1.88. The zero-order valence-corrected chi connectivity index (χ0v) is 16.3. The van der Waals surface area contributed by atoms with Crippen LogP contribution in [0.4, 0.5) is 0 Å². The monoisotopic (exact) mass is 376 g/mol. The van der Waals surface area contributed by atoms with E-state index in [0.717, 1.165) is 22.6 Å². The molecule has 2 aromatic carbocycles. The van der Waals surface area contributed by atoms with Gasteiger partial charge in [0.25, 0.3) is 5.91 Å². The second-order valence-corrected chi connectivity index (χ2v) is 6.70. The first-order chi connectivity index (χ1) is 13.5. The van der Waals surface area contributed by atoms with Crippen LogP contribution < -0.4 is 5.32 Å². The Morgan fingerprint density at radius 2 is 1.61 bits per heavy atom. The van der Waals surface area contributed by atoms with Crippen LogP contribution in [0.25, 0.3) is 5.69 Å². The summed E-state index contributed by atoms with van der Waals surface area (Å²) in [5.41, 5.74) is 4.38. The van der Waals surface area contributed by atoms with Crippen LogP contribution >= 0.6 is 0 Å². The number of benzene rings is 2. The van der Waals surface area contributed by atoms with Crippen molar-refractivity contribution in [2.24, 2.45) is 0 Å². The van der Waals surface area contributed by atoms with Gasteiger partial charge in [0, 0.05) is 30.4 Å². The lowest BCUT2D eigenvalue weighted by Crippen LogP contribution is -2.38. The molecule has 1 heterocycles. The van der Waals surface area contributed by atoms with Gasteiger partial charge < -0.3 is 10.2 Å². The Morgan fingerprint density at radius 3 is 2.25 bits per heavy atom. The molecule has 0 aliphatic carbocycles. The van der Waals surface area contributed by atoms with Gasteiger partial charge in [0.15, 0.2) is 0 Å². The van der Waals surface area contributed by atoms with E-state index in [1.165, 1.54) is 4.90 Å². The number of para-hydroxylation sites is 1. The van der Waals surface area contributed by atoms with E-state index < -0.39 is 0 Å². The highest BCUT2D eigenvalue weighted by Gasteiger charge is 2.17. The number of aryl methyl sites for hydroxylation is 1. The molecule has 3 rings (SSSR count). The van der Waals surface area contributed by atoms with Crippen LogP contribution in [-0.2, 0) is 11.3 Å². The van der Waals surface area contributed by atoms with Crippen molar-refractivity contribution < 1.29 is 9.59 Å². The number of aromatic nitrogens is 2. The number of carbonyl (C=O) groups excluding carboxylic acids is 2. The summed E-state index contributed by atoms with van der Waals surface area (Å²) in [4.78, 5) is 26.1. The minimum Gasteiger partial charge on any atom is -0.350 e. The van der Waals surface area contributed by atoms with Gasteiger partial charge in [0.05, 0.1) is 17.9 Å². The van der Waals surface area contributed by atoms with Gasteiger partial charge in [-0.05, 0) is 38.1 Å². The van der Waals surface area contributed by atoms with Gasteiger partial charge in [0.2, 0.25) is 5.91 Å². The lowest BCUT2D eigenvalue weighted by Gasteiger charge is -2.17. The van der Waals surface area contributed by atoms with Crippen LogP contribution in [0.5, 0.6) is 0 Å². The number of likely N-dealkylation sites (N-methyl/N-ethyl adjacent to an activating group) is 1. The van der Waals surface area contributed by atoms with Gasteiger partial charge in [-0.15, -0.1) is 0 Å². The van der Waals surface area contributed by atoms with E-state index in [1.807, 2.05) is 54.9 Å². The van der Waals surface area contributed by atoms with Crippen LogP contribution in [-0.4, -0.2) is 40.1 Å². The van der Waals surface area contributed by atoms with E-state index >= 15 is 0 Å². The zero-order valence-electron chi connectivity index (χ0n) is 16.3. The predicted octanol–water partition coefficient (Wildman–Crippen LogP) is 2.88. The summed E-state index contributed by atoms with van der Waals surface area (Å²) in [5.74, 6) is -0.391. The molecule has 0 aliphatic rings. The molecule has 0 unspecified atom stereocenters. The fourth-order valence-corrected chi connectivity index (χ4v) is 3.08. The van der Waals surface area contributed by atoms with E-state index in [0.29, 0.717) is 12.1 Å². The van der Waals surface area contributed by atoms with Gasteiger partial charge in [-0.3, -0.25) is 9.59 Å². The first-order valence-electron chi connectivity index (χ1n) is 9.15. The van der Waals surface area contributed by atoms with Crippen LogP contribution in [0, 0.1) is 13.8 Å². The van der Waals surface area contributed by atoms with E-state index in [-0.39, 0.29) is 18.4 Å². The molecular formula is C22H24N4O2. The molecule has 1 N–H and O–H groups in total. The van der Waals surface area contributed by atoms with Crippen LogP contribution in [0.15, 0.2) is 60.7 Å². The van der Waals surface area contributed by atoms with Gasteiger partial charge in [-0.2, -0.15) is 5.10 Å². The maximum atomic E-state index is 12.4.